The van der Waals surface area contributed by atoms with Crippen LogP contribution in [0.5, 0.6) is 0 Å². The summed E-state index contributed by atoms with van der Waals surface area (Å²) in [5.74, 6) is -0.312. The Balaban J connectivity index is 1.94. The number of aliphatic hydroxyl groups is 4. The first kappa shape index (κ1) is 16.0. The molecule has 5 atom stereocenters. The Hall–Kier alpha value is -1.35. The van der Waals surface area contributed by atoms with E-state index >= 15 is 0 Å². The molecule has 2 rings (SSSR count). The highest BCUT2D eigenvalue weighted by Gasteiger charge is 2.44. The molecule has 0 spiro atoms. The molecule has 4 N–H and O–H groups in total. The molecule has 116 valence electrons. The van der Waals surface area contributed by atoms with E-state index in [2.05, 4.69) is 0 Å². The third-order valence-electron chi connectivity index (χ3n) is 3.32. The van der Waals surface area contributed by atoms with Crippen molar-refractivity contribution in [2.24, 2.45) is 0 Å². The Kier molecular flexibility index (Phi) is 5.40. The van der Waals surface area contributed by atoms with Crippen molar-refractivity contribution in [2.45, 2.75) is 30.7 Å². The second-order valence-electron chi connectivity index (χ2n) is 4.80. The van der Waals surface area contributed by atoms with Gasteiger partial charge in [0.1, 0.15) is 31.0 Å². The molecule has 1 saturated heterocycles. The largest absolute Gasteiger partial charge is 0.394 e. The second kappa shape index (κ2) is 7.08. The van der Waals surface area contributed by atoms with Gasteiger partial charge in [0.25, 0.3) is 0 Å². The molecule has 7 nitrogen and oxygen atoms in total. The smallest absolute Gasteiger partial charge is 0.188 e. The van der Waals surface area contributed by atoms with Crippen LogP contribution in [-0.2, 0) is 9.47 Å². The van der Waals surface area contributed by atoms with E-state index in [1.54, 1.807) is 30.3 Å². The van der Waals surface area contributed by atoms with Crippen molar-refractivity contribution in [3.63, 3.8) is 0 Å². The van der Waals surface area contributed by atoms with E-state index in [0.717, 1.165) is 0 Å². The van der Waals surface area contributed by atoms with Crippen LogP contribution in [-0.4, -0.2) is 70.1 Å². The summed E-state index contributed by atoms with van der Waals surface area (Å²) in [7, 11) is 0. The average Bonchev–Trinajstić information content (AvgIpc) is 2.52. The van der Waals surface area contributed by atoms with E-state index in [4.69, 9.17) is 14.6 Å². The Labute approximate surface area is 121 Å². The van der Waals surface area contributed by atoms with Gasteiger partial charge in [0.15, 0.2) is 12.1 Å². The summed E-state index contributed by atoms with van der Waals surface area (Å²) in [6.45, 7) is -0.899. The molecule has 0 amide bonds. The number of carbonyl (C=O) groups excluding carboxylic acids is 1. The molecule has 1 aliphatic heterocycles. The van der Waals surface area contributed by atoms with Crippen LogP contribution in [0.1, 0.15) is 10.4 Å². The molecule has 0 saturated carbocycles. The maximum Gasteiger partial charge on any atom is 0.188 e. The minimum absolute atomic E-state index is 0.312. The number of hydrogen-bond donors (Lipinski definition) is 4. The fourth-order valence-corrected chi connectivity index (χ4v) is 2.07. The standard InChI is InChI=1S/C14H18O7/c15-6-10-11(17)12(18)13(19)14(21-10)20-7-9(16)8-4-2-1-3-5-8/h1-5,10-15,17-19H,6-7H2. The Morgan fingerprint density at radius 1 is 1.10 bits per heavy atom. The second-order valence-corrected chi connectivity index (χ2v) is 4.80. The first-order valence-corrected chi connectivity index (χ1v) is 6.55. The average molecular weight is 298 g/mol. The van der Waals surface area contributed by atoms with Gasteiger partial charge in [-0.2, -0.15) is 0 Å². The van der Waals surface area contributed by atoms with Crippen molar-refractivity contribution in [3.8, 4) is 0 Å². The van der Waals surface area contributed by atoms with Crippen LogP contribution in [0.15, 0.2) is 30.3 Å². The van der Waals surface area contributed by atoms with Crippen molar-refractivity contribution in [2.75, 3.05) is 13.2 Å². The van der Waals surface area contributed by atoms with Crippen LogP contribution < -0.4 is 0 Å². The van der Waals surface area contributed by atoms with Crippen LogP contribution in [0.2, 0.25) is 0 Å². The van der Waals surface area contributed by atoms with Crippen LogP contribution in [0.3, 0.4) is 0 Å². The third-order valence-corrected chi connectivity index (χ3v) is 3.32. The van der Waals surface area contributed by atoms with Gasteiger partial charge in [0.2, 0.25) is 0 Å². The number of hydrogen-bond acceptors (Lipinski definition) is 7. The Bertz CT molecular complexity index is 462. The molecule has 0 radical (unpaired) electrons. The Morgan fingerprint density at radius 2 is 1.76 bits per heavy atom. The lowest BCUT2D eigenvalue weighted by atomic mass is 9.99. The normalized spacial score (nSPS) is 32.9. The molecule has 1 fully saturated rings. The van der Waals surface area contributed by atoms with Crippen molar-refractivity contribution in [3.05, 3.63) is 35.9 Å². The number of carbonyl (C=O) groups is 1. The van der Waals surface area contributed by atoms with Gasteiger partial charge in [-0.3, -0.25) is 4.79 Å². The monoisotopic (exact) mass is 298 g/mol. The predicted molar refractivity (Wildman–Crippen MR) is 70.5 cm³/mol. The number of aliphatic hydroxyl groups excluding tert-OH is 4. The maximum atomic E-state index is 11.9. The molecular formula is C14H18O7. The van der Waals surface area contributed by atoms with Gasteiger partial charge in [-0.1, -0.05) is 30.3 Å². The van der Waals surface area contributed by atoms with Gasteiger partial charge in [-0.15, -0.1) is 0 Å². The first-order valence-electron chi connectivity index (χ1n) is 6.55. The molecular weight excluding hydrogens is 280 g/mol. The van der Waals surface area contributed by atoms with Crippen LogP contribution in [0, 0.1) is 0 Å². The molecule has 0 bridgehead atoms. The van der Waals surface area contributed by atoms with E-state index in [1.165, 1.54) is 0 Å². The quantitative estimate of drug-likeness (QED) is 0.498. The molecule has 0 aliphatic carbocycles. The van der Waals surface area contributed by atoms with Gasteiger partial charge in [-0.25, -0.2) is 0 Å². The highest BCUT2D eigenvalue weighted by atomic mass is 16.7. The van der Waals surface area contributed by atoms with Gasteiger partial charge in [0.05, 0.1) is 6.61 Å². The highest BCUT2D eigenvalue weighted by Crippen LogP contribution is 2.22. The van der Waals surface area contributed by atoms with Crippen molar-refractivity contribution >= 4 is 5.78 Å². The SMILES string of the molecule is O=C(COC1OC(CO)C(O)C(O)C1O)c1ccccc1. The lowest BCUT2D eigenvalue weighted by Crippen LogP contribution is -2.59. The Morgan fingerprint density at radius 3 is 2.38 bits per heavy atom. The van der Waals surface area contributed by atoms with Crippen molar-refractivity contribution in [1.82, 2.24) is 0 Å². The zero-order chi connectivity index (χ0) is 15.4. The van der Waals surface area contributed by atoms with Crippen LogP contribution in [0.25, 0.3) is 0 Å². The fraction of sp³-hybridized carbons (Fsp3) is 0.500. The summed E-state index contributed by atoms with van der Waals surface area (Å²) in [5, 5.41) is 38.0. The van der Waals surface area contributed by atoms with E-state index in [1.807, 2.05) is 0 Å². The summed E-state index contributed by atoms with van der Waals surface area (Å²) in [6, 6.07) is 8.44. The van der Waals surface area contributed by atoms with E-state index in [-0.39, 0.29) is 12.4 Å². The summed E-state index contributed by atoms with van der Waals surface area (Å²) < 4.78 is 10.3. The van der Waals surface area contributed by atoms with E-state index < -0.39 is 37.3 Å². The fourth-order valence-electron chi connectivity index (χ4n) is 2.07. The molecule has 21 heavy (non-hydrogen) atoms. The summed E-state index contributed by atoms with van der Waals surface area (Å²) in [5.41, 5.74) is 0.446. The lowest BCUT2D eigenvalue weighted by molar-refractivity contribution is -0.298. The summed E-state index contributed by atoms with van der Waals surface area (Å²) >= 11 is 0. The molecule has 5 unspecified atom stereocenters. The number of ether oxygens (including phenoxy) is 2. The maximum absolute atomic E-state index is 11.9. The number of ketones is 1. The molecule has 0 aromatic heterocycles. The zero-order valence-electron chi connectivity index (χ0n) is 11.2. The summed E-state index contributed by atoms with van der Waals surface area (Å²) in [6.07, 6.45) is -6.83. The van der Waals surface area contributed by atoms with Crippen molar-refractivity contribution in [1.29, 1.82) is 0 Å². The topological polar surface area (TPSA) is 116 Å². The van der Waals surface area contributed by atoms with Gasteiger partial charge in [-0.05, 0) is 0 Å². The first-order chi connectivity index (χ1) is 10.0. The van der Waals surface area contributed by atoms with E-state index in [0.29, 0.717) is 5.56 Å². The number of benzene rings is 1. The van der Waals surface area contributed by atoms with Gasteiger partial charge < -0.3 is 29.9 Å². The lowest BCUT2D eigenvalue weighted by Gasteiger charge is -2.39. The van der Waals surface area contributed by atoms with Gasteiger partial charge >= 0.3 is 0 Å². The predicted octanol–water partition coefficient (Wildman–Crippen LogP) is -1.31. The third kappa shape index (κ3) is 3.65. The van der Waals surface area contributed by atoms with Crippen LogP contribution in [0.4, 0.5) is 0 Å². The molecule has 1 aromatic carbocycles. The molecule has 1 aromatic rings. The molecule has 1 aliphatic rings. The van der Waals surface area contributed by atoms with Crippen LogP contribution >= 0.6 is 0 Å². The number of rotatable bonds is 5. The number of Topliss-reactive ketones (excluding diaryl/α,β-unsaturated/α-hetero) is 1. The molecule has 7 heteroatoms. The zero-order valence-corrected chi connectivity index (χ0v) is 11.2. The van der Waals surface area contributed by atoms with Gasteiger partial charge in [0, 0.05) is 5.56 Å². The highest BCUT2D eigenvalue weighted by molar-refractivity contribution is 5.96. The molecule has 1 heterocycles. The minimum atomic E-state index is -1.52. The van der Waals surface area contributed by atoms with E-state index in [9.17, 15) is 20.1 Å². The minimum Gasteiger partial charge on any atom is -0.394 e. The summed E-state index contributed by atoms with van der Waals surface area (Å²) in [4.78, 5) is 11.9. The van der Waals surface area contributed by atoms with Crippen molar-refractivity contribution < 1.29 is 34.7 Å².